The van der Waals surface area contributed by atoms with Crippen LogP contribution < -0.4 is 5.43 Å². The molecule has 0 fully saturated rings. The lowest BCUT2D eigenvalue weighted by atomic mass is 10.1. The van der Waals surface area contributed by atoms with Gasteiger partial charge in [-0.3, -0.25) is 10.4 Å². The molecule has 0 unspecified atom stereocenters. The number of fused-ring (bicyclic) bond motifs is 5. The van der Waals surface area contributed by atoms with Crippen molar-refractivity contribution in [3.05, 3.63) is 77.6 Å². The zero-order valence-electron chi connectivity index (χ0n) is 14.1. The lowest BCUT2D eigenvalue weighted by Gasteiger charge is -2.06. The van der Waals surface area contributed by atoms with Gasteiger partial charge in [0.05, 0.1) is 28.3 Å². The zero-order chi connectivity index (χ0) is 18.2. The third-order valence-electron chi connectivity index (χ3n) is 4.46. The second-order valence-electron chi connectivity index (χ2n) is 6.17. The number of hydrogen-bond acceptors (Lipinski definition) is 4. The van der Waals surface area contributed by atoms with Crippen LogP contribution >= 0.6 is 11.6 Å². The number of hydrogen-bond donors (Lipinski definition) is 2. The van der Waals surface area contributed by atoms with Gasteiger partial charge in [-0.1, -0.05) is 35.9 Å². The van der Waals surface area contributed by atoms with Crippen molar-refractivity contribution in [2.45, 2.75) is 0 Å². The van der Waals surface area contributed by atoms with E-state index in [2.05, 4.69) is 26.6 Å². The van der Waals surface area contributed by atoms with Gasteiger partial charge in [0.15, 0.2) is 5.82 Å². The highest BCUT2D eigenvalue weighted by Crippen LogP contribution is 2.36. The minimum absolute atomic E-state index is 0.671. The quantitative estimate of drug-likeness (QED) is 0.331. The van der Waals surface area contributed by atoms with Gasteiger partial charge in [-0.05, 0) is 36.4 Å². The second kappa shape index (κ2) is 6.37. The number of pyridine rings is 2. The monoisotopic (exact) mass is 371 g/mol. The summed E-state index contributed by atoms with van der Waals surface area (Å²) in [5, 5.41) is 8.03. The minimum atomic E-state index is 0.671. The van der Waals surface area contributed by atoms with Gasteiger partial charge in [-0.25, -0.2) is 4.98 Å². The first-order valence-electron chi connectivity index (χ1n) is 8.49. The van der Waals surface area contributed by atoms with Crippen molar-refractivity contribution in [3.63, 3.8) is 0 Å². The van der Waals surface area contributed by atoms with E-state index in [1.54, 1.807) is 12.4 Å². The highest BCUT2D eigenvalue weighted by Gasteiger charge is 2.14. The van der Waals surface area contributed by atoms with E-state index in [1.165, 1.54) is 0 Å². The molecule has 5 nitrogen and oxygen atoms in total. The van der Waals surface area contributed by atoms with Crippen molar-refractivity contribution >= 4 is 56.3 Å². The van der Waals surface area contributed by atoms with Crippen molar-refractivity contribution in [1.29, 1.82) is 0 Å². The van der Waals surface area contributed by atoms with Crippen LogP contribution in [0.15, 0.2) is 72.0 Å². The molecule has 5 rings (SSSR count). The fraction of sp³-hybridized carbons (Fsp3) is 0. The van der Waals surface area contributed by atoms with Gasteiger partial charge < -0.3 is 4.98 Å². The van der Waals surface area contributed by atoms with Crippen LogP contribution in [0.4, 0.5) is 5.82 Å². The van der Waals surface area contributed by atoms with Gasteiger partial charge in [0.2, 0.25) is 0 Å². The summed E-state index contributed by atoms with van der Waals surface area (Å²) in [7, 11) is 0. The largest absolute Gasteiger partial charge is 0.354 e. The minimum Gasteiger partial charge on any atom is -0.354 e. The Morgan fingerprint density at radius 2 is 1.89 bits per heavy atom. The Kier molecular flexibility index (Phi) is 3.73. The Hall–Kier alpha value is -3.44. The number of para-hydroxylation sites is 1. The highest BCUT2D eigenvalue weighted by atomic mass is 35.5. The lowest BCUT2D eigenvalue weighted by molar-refractivity contribution is 1.26. The lowest BCUT2D eigenvalue weighted by Crippen LogP contribution is -1.96. The summed E-state index contributed by atoms with van der Waals surface area (Å²) in [6.07, 6.45) is 3.40. The van der Waals surface area contributed by atoms with Gasteiger partial charge in [0.1, 0.15) is 0 Å². The number of benzene rings is 2. The third-order valence-corrected chi connectivity index (χ3v) is 4.69. The molecule has 0 aliphatic carbocycles. The molecule has 0 atom stereocenters. The van der Waals surface area contributed by atoms with Crippen LogP contribution in [-0.4, -0.2) is 21.2 Å². The number of halogens is 1. The molecule has 0 bridgehead atoms. The summed E-state index contributed by atoms with van der Waals surface area (Å²) in [6, 6.07) is 19.5. The van der Waals surface area contributed by atoms with Crippen LogP contribution in [0.1, 0.15) is 5.69 Å². The van der Waals surface area contributed by atoms with Gasteiger partial charge in [0.25, 0.3) is 0 Å². The highest BCUT2D eigenvalue weighted by molar-refractivity contribution is 6.32. The van der Waals surface area contributed by atoms with E-state index < -0.39 is 0 Å². The smallest absolute Gasteiger partial charge is 0.156 e. The number of rotatable bonds is 3. The summed E-state index contributed by atoms with van der Waals surface area (Å²) in [5.74, 6) is 0.671. The van der Waals surface area contributed by atoms with E-state index in [0.29, 0.717) is 10.8 Å². The predicted molar refractivity (Wildman–Crippen MR) is 112 cm³/mol. The molecule has 0 amide bonds. The van der Waals surface area contributed by atoms with Crippen LogP contribution in [0.25, 0.3) is 32.7 Å². The number of hydrazone groups is 1. The van der Waals surface area contributed by atoms with E-state index in [4.69, 9.17) is 16.6 Å². The summed E-state index contributed by atoms with van der Waals surface area (Å²) >= 11 is 6.24. The maximum atomic E-state index is 6.24. The predicted octanol–water partition coefficient (Wildman–Crippen LogP) is 5.36. The summed E-state index contributed by atoms with van der Waals surface area (Å²) in [6.45, 7) is 0. The molecular weight excluding hydrogens is 358 g/mol. The Balaban J connectivity index is 1.72. The summed E-state index contributed by atoms with van der Waals surface area (Å²) in [4.78, 5) is 12.5. The zero-order valence-corrected chi connectivity index (χ0v) is 14.9. The molecule has 2 N–H and O–H groups in total. The van der Waals surface area contributed by atoms with Crippen molar-refractivity contribution in [1.82, 2.24) is 15.0 Å². The fourth-order valence-electron chi connectivity index (χ4n) is 3.26. The Bertz CT molecular complexity index is 1310. The van der Waals surface area contributed by atoms with Crippen LogP contribution in [0.3, 0.4) is 0 Å². The molecule has 0 aliphatic heterocycles. The first-order valence-corrected chi connectivity index (χ1v) is 8.87. The van der Waals surface area contributed by atoms with E-state index in [-0.39, 0.29) is 0 Å². The summed E-state index contributed by atoms with van der Waals surface area (Å²) in [5.41, 5.74) is 6.75. The van der Waals surface area contributed by atoms with Crippen molar-refractivity contribution in [2.75, 3.05) is 5.43 Å². The average Bonchev–Trinajstić information content (AvgIpc) is 3.08. The third kappa shape index (κ3) is 2.78. The molecule has 0 aliphatic rings. The molecular formula is C21H14ClN5. The van der Waals surface area contributed by atoms with Crippen LogP contribution in [-0.2, 0) is 0 Å². The van der Waals surface area contributed by atoms with E-state index in [1.807, 2.05) is 54.6 Å². The van der Waals surface area contributed by atoms with Gasteiger partial charge in [-0.15, -0.1) is 0 Å². The number of anilines is 1. The van der Waals surface area contributed by atoms with Gasteiger partial charge in [0, 0.05) is 27.5 Å². The van der Waals surface area contributed by atoms with Crippen LogP contribution in [0.5, 0.6) is 0 Å². The number of nitrogens with one attached hydrogen (secondary N) is 2. The maximum absolute atomic E-state index is 6.24. The number of nitrogens with zero attached hydrogens (tertiary/aromatic N) is 3. The Labute approximate surface area is 159 Å². The molecule has 6 heteroatoms. The molecule has 0 radical (unpaired) electrons. The number of aromatic nitrogens is 3. The van der Waals surface area contributed by atoms with Crippen molar-refractivity contribution in [2.24, 2.45) is 5.10 Å². The van der Waals surface area contributed by atoms with Crippen molar-refractivity contribution in [3.8, 4) is 0 Å². The van der Waals surface area contributed by atoms with Gasteiger partial charge in [-0.2, -0.15) is 5.10 Å². The molecule has 3 aromatic heterocycles. The van der Waals surface area contributed by atoms with Gasteiger partial charge >= 0.3 is 0 Å². The number of H-pyrrole nitrogens is 1. The first-order chi connectivity index (χ1) is 13.3. The maximum Gasteiger partial charge on any atom is 0.156 e. The van der Waals surface area contributed by atoms with E-state index >= 15 is 0 Å². The molecule has 130 valence electrons. The molecule has 0 spiro atoms. The Morgan fingerprint density at radius 3 is 2.78 bits per heavy atom. The molecule has 3 heterocycles. The topological polar surface area (TPSA) is 66.0 Å². The molecule has 27 heavy (non-hydrogen) atoms. The van der Waals surface area contributed by atoms with Crippen molar-refractivity contribution < 1.29 is 0 Å². The van der Waals surface area contributed by atoms with Crippen LogP contribution in [0, 0.1) is 0 Å². The molecule has 0 saturated carbocycles. The molecule has 0 saturated heterocycles. The standard InChI is InChI=1S/C21H14ClN5/c22-13-8-9-18-16(11-13)19-20(25-18)15-6-1-2-7-17(15)26-21(19)27-24-12-14-5-3-4-10-23-14/h1-12,25H,(H,26,27)/b24-12+. The van der Waals surface area contributed by atoms with E-state index in [9.17, 15) is 0 Å². The van der Waals surface area contributed by atoms with Crippen LogP contribution in [0.2, 0.25) is 5.02 Å². The van der Waals surface area contributed by atoms with E-state index in [0.717, 1.165) is 38.4 Å². The number of aromatic amines is 1. The fourth-order valence-corrected chi connectivity index (χ4v) is 3.44. The second-order valence-corrected chi connectivity index (χ2v) is 6.60. The Morgan fingerprint density at radius 1 is 1.00 bits per heavy atom. The summed E-state index contributed by atoms with van der Waals surface area (Å²) < 4.78 is 0. The normalized spacial score (nSPS) is 11.7. The first kappa shape index (κ1) is 15.8. The molecule has 2 aromatic carbocycles. The molecule has 5 aromatic rings. The average molecular weight is 372 g/mol. The SMILES string of the molecule is Clc1ccc2[nH]c3c4ccccc4nc(N/N=C/c4ccccn4)c3c2c1.